The van der Waals surface area contributed by atoms with Crippen LogP contribution in [0.25, 0.3) is 0 Å². The van der Waals surface area contributed by atoms with Crippen molar-refractivity contribution in [1.29, 1.82) is 0 Å². The average Bonchev–Trinajstić information content (AvgIpc) is 2.58. The Labute approximate surface area is 154 Å². The van der Waals surface area contributed by atoms with Gasteiger partial charge in [-0.2, -0.15) is 0 Å². The molecule has 0 radical (unpaired) electrons. The number of rotatable bonds is 5. The molecule has 0 bridgehead atoms. The highest BCUT2D eigenvalue weighted by atomic mass is 79.9. The summed E-state index contributed by atoms with van der Waals surface area (Å²) in [5, 5.41) is -0.504. The number of carbonyl (C=O) groups excluding carboxylic acids is 1. The quantitative estimate of drug-likeness (QED) is 0.317. The van der Waals surface area contributed by atoms with Crippen molar-refractivity contribution in [3.8, 4) is 0 Å². The minimum atomic E-state index is -3.43. The molecule has 1 saturated carbocycles. The number of alkyl halides is 1. The molecule has 0 heterocycles. The minimum Gasteiger partial charge on any atom is -0.460 e. The summed E-state index contributed by atoms with van der Waals surface area (Å²) in [5.41, 5.74) is 0.210. The molecule has 1 aliphatic carbocycles. The first-order valence-corrected chi connectivity index (χ1v) is 10.9. The van der Waals surface area contributed by atoms with Crippen LogP contribution >= 0.6 is 15.9 Å². The third kappa shape index (κ3) is 6.48. The second-order valence-electron chi connectivity index (χ2n) is 7.61. The zero-order valence-corrected chi connectivity index (χ0v) is 17.7. The molecule has 3 unspecified atom stereocenters. The highest BCUT2D eigenvalue weighted by Gasteiger charge is 2.35. The Hall–Kier alpha value is -0.400. The highest BCUT2D eigenvalue weighted by molar-refractivity contribution is 9.09. The number of nitrogens with one attached hydrogen (secondary N) is 1. The highest BCUT2D eigenvalue weighted by Crippen LogP contribution is 2.32. The normalized spacial score (nSPS) is 25.7. The summed E-state index contributed by atoms with van der Waals surface area (Å²) >= 11 is 3.40. The van der Waals surface area contributed by atoms with Gasteiger partial charge in [0.2, 0.25) is 10.0 Å². The Kier molecular flexibility index (Phi) is 7.50. The van der Waals surface area contributed by atoms with Crippen molar-refractivity contribution in [2.24, 2.45) is 5.92 Å². The number of hydrogen-bond acceptors (Lipinski definition) is 4. The molecule has 0 spiro atoms. The molecular weight excluding hydrogens is 394 g/mol. The Morgan fingerprint density at radius 3 is 2.38 bits per heavy atom. The van der Waals surface area contributed by atoms with Gasteiger partial charge in [0.05, 0.1) is 11.2 Å². The molecule has 1 rings (SSSR count). The standard InChI is InChI=1S/C17H30BrNO4S/c1-11-7-8-14(24(21,22)19-13(3)12(2)18)9-10-15(11)16(20)23-17(4,5)6/h12-15,19H,1,7-10H2,2-6H3/t12-,13?,14?,15?/m0/s1. The lowest BCUT2D eigenvalue weighted by atomic mass is 9.95. The molecule has 0 aliphatic heterocycles. The minimum absolute atomic E-state index is 0.0440. The van der Waals surface area contributed by atoms with E-state index in [2.05, 4.69) is 27.2 Å². The fourth-order valence-electron chi connectivity index (χ4n) is 2.64. The number of carbonyl (C=O) groups is 1. The van der Waals surface area contributed by atoms with Gasteiger partial charge in [0.25, 0.3) is 0 Å². The number of esters is 1. The molecule has 0 amide bonds. The lowest BCUT2D eigenvalue weighted by molar-refractivity contribution is -0.158. The summed E-state index contributed by atoms with van der Waals surface area (Å²) in [7, 11) is -3.43. The van der Waals surface area contributed by atoms with Crippen molar-refractivity contribution in [1.82, 2.24) is 4.72 Å². The van der Waals surface area contributed by atoms with Crippen molar-refractivity contribution < 1.29 is 17.9 Å². The molecule has 5 nitrogen and oxygen atoms in total. The fraction of sp³-hybridized carbons (Fsp3) is 0.824. The van der Waals surface area contributed by atoms with Gasteiger partial charge in [0.15, 0.2) is 0 Å². The zero-order chi connectivity index (χ0) is 18.7. The molecule has 140 valence electrons. The molecule has 0 aromatic heterocycles. The van der Waals surface area contributed by atoms with Gasteiger partial charge in [-0.1, -0.05) is 35.0 Å². The van der Waals surface area contributed by atoms with Crippen molar-refractivity contribution in [3.63, 3.8) is 0 Å². The Morgan fingerprint density at radius 2 is 1.88 bits per heavy atom. The van der Waals surface area contributed by atoms with Crippen molar-refractivity contribution in [3.05, 3.63) is 12.2 Å². The third-order valence-electron chi connectivity index (χ3n) is 4.23. The molecule has 7 heteroatoms. The van der Waals surface area contributed by atoms with Crippen LogP contribution in [0.15, 0.2) is 12.2 Å². The Balaban J connectivity index is 2.79. The summed E-state index contributed by atoms with van der Waals surface area (Å²) in [6.45, 7) is 13.2. The predicted molar refractivity (Wildman–Crippen MR) is 101 cm³/mol. The Bertz CT molecular complexity index is 566. The maximum Gasteiger partial charge on any atom is 0.313 e. The van der Waals surface area contributed by atoms with Crippen molar-refractivity contribution in [2.75, 3.05) is 0 Å². The second kappa shape index (κ2) is 8.32. The van der Waals surface area contributed by atoms with Crippen molar-refractivity contribution in [2.45, 2.75) is 82.0 Å². The molecule has 1 N–H and O–H groups in total. The van der Waals surface area contributed by atoms with Crippen LogP contribution in [0, 0.1) is 5.92 Å². The number of sulfonamides is 1. The van der Waals surface area contributed by atoms with E-state index < -0.39 is 26.8 Å². The van der Waals surface area contributed by atoms with Gasteiger partial charge in [0, 0.05) is 10.9 Å². The lowest BCUT2D eigenvalue weighted by Crippen LogP contribution is -2.42. The van der Waals surface area contributed by atoms with E-state index in [1.807, 2.05) is 34.6 Å². The summed E-state index contributed by atoms with van der Waals surface area (Å²) in [4.78, 5) is 12.4. The Morgan fingerprint density at radius 1 is 1.29 bits per heavy atom. The smallest absolute Gasteiger partial charge is 0.313 e. The van der Waals surface area contributed by atoms with Crippen LogP contribution in [0.3, 0.4) is 0 Å². The zero-order valence-electron chi connectivity index (χ0n) is 15.3. The molecule has 1 fully saturated rings. The van der Waals surface area contributed by atoms with Gasteiger partial charge in [0.1, 0.15) is 5.60 Å². The molecule has 0 saturated heterocycles. The largest absolute Gasteiger partial charge is 0.460 e. The monoisotopic (exact) mass is 423 g/mol. The van der Waals surface area contributed by atoms with Gasteiger partial charge in [-0.05, 0) is 53.4 Å². The molecule has 0 aromatic carbocycles. The van der Waals surface area contributed by atoms with E-state index >= 15 is 0 Å². The summed E-state index contributed by atoms with van der Waals surface area (Å²) in [6, 6.07) is -0.192. The van der Waals surface area contributed by atoms with Crippen LogP contribution in [-0.4, -0.2) is 36.1 Å². The first-order valence-electron chi connectivity index (χ1n) is 8.39. The fourth-order valence-corrected chi connectivity index (χ4v) is 4.73. The maximum absolute atomic E-state index is 12.6. The van der Waals surface area contributed by atoms with Crippen LogP contribution in [0.4, 0.5) is 0 Å². The van der Waals surface area contributed by atoms with Gasteiger partial charge in [-0.25, -0.2) is 13.1 Å². The van der Waals surface area contributed by atoms with E-state index in [1.54, 1.807) is 0 Å². The topological polar surface area (TPSA) is 72.5 Å². The summed E-state index contributed by atoms with van der Waals surface area (Å²) < 4.78 is 33.4. The molecule has 1 aliphatic rings. The molecule has 24 heavy (non-hydrogen) atoms. The number of ether oxygens (including phenoxy) is 1. The van der Waals surface area contributed by atoms with E-state index in [9.17, 15) is 13.2 Å². The first-order chi connectivity index (χ1) is 10.8. The van der Waals surface area contributed by atoms with Crippen LogP contribution in [0.5, 0.6) is 0 Å². The second-order valence-corrected chi connectivity index (χ2v) is 11.0. The van der Waals surface area contributed by atoms with Crippen LogP contribution < -0.4 is 4.72 Å². The van der Waals surface area contributed by atoms with Crippen LogP contribution in [0.2, 0.25) is 0 Å². The number of hydrogen-bond donors (Lipinski definition) is 1. The van der Waals surface area contributed by atoms with Gasteiger partial charge in [-0.15, -0.1) is 0 Å². The molecule has 4 atom stereocenters. The SMILES string of the molecule is C=C1CCC(S(=O)(=O)NC(C)[C@H](C)Br)CCC1C(=O)OC(C)(C)C. The third-order valence-corrected chi connectivity index (χ3v) is 7.07. The lowest BCUT2D eigenvalue weighted by Gasteiger charge is -2.24. The average molecular weight is 424 g/mol. The maximum atomic E-state index is 12.6. The van der Waals surface area contributed by atoms with Crippen molar-refractivity contribution >= 4 is 31.9 Å². The molecular formula is C17H30BrNO4S. The van der Waals surface area contributed by atoms with E-state index in [0.29, 0.717) is 25.7 Å². The summed E-state index contributed by atoms with van der Waals surface area (Å²) in [6.07, 6.45) is 1.89. The number of halogens is 1. The first kappa shape index (κ1) is 21.6. The van der Waals surface area contributed by atoms with Gasteiger partial charge >= 0.3 is 5.97 Å². The predicted octanol–water partition coefficient (Wildman–Crippen LogP) is 3.53. The van der Waals surface area contributed by atoms with Gasteiger partial charge in [-0.3, -0.25) is 4.79 Å². The molecule has 0 aromatic rings. The van der Waals surface area contributed by atoms with Crippen LogP contribution in [0.1, 0.15) is 60.3 Å². The van der Waals surface area contributed by atoms with E-state index in [-0.39, 0.29) is 16.8 Å². The van der Waals surface area contributed by atoms with E-state index in [1.165, 1.54) is 0 Å². The van der Waals surface area contributed by atoms with E-state index in [4.69, 9.17) is 4.74 Å². The summed E-state index contributed by atoms with van der Waals surface area (Å²) in [5.74, 6) is -0.724. The van der Waals surface area contributed by atoms with E-state index in [0.717, 1.165) is 5.57 Å². The van der Waals surface area contributed by atoms with Crippen LogP contribution in [-0.2, 0) is 19.6 Å². The van der Waals surface area contributed by atoms with Gasteiger partial charge < -0.3 is 4.74 Å².